The van der Waals surface area contributed by atoms with Crippen molar-refractivity contribution in [2.45, 2.75) is 45.6 Å². The number of aliphatic carboxylic acids is 1. The summed E-state index contributed by atoms with van der Waals surface area (Å²) in [6.07, 6.45) is 0.671. The van der Waals surface area contributed by atoms with Crippen LogP contribution in [0.4, 0.5) is 4.39 Å². The van der Waals surface area contributed by atoms with Crippen LogP contribution in [0, 0.1) is 12.8 Å². The minimum atomic E-state index is -1.33. The number of hydrogen-bond donors (Lipinski definition) is 1. The van der Waals surface area contributed by atoms with E-state index in [2.05, 4.69) is 5.10 Å². The van der Waals surface area contributed by atoms with Crippen LogP contribution in [0.3, 0.4) is 0 Å². The number of nitrogens with zero attached hydrogens (tertiary/aromatic N) is 2. The van der Waals surface area contributed by atoms with Crippen LogP contribution in [-0.4, -0.2) is 39.1 Å². The average Bonchev–Trinajstić information content (AvgIpc) is 2.71. The Balaban J connectivity index is 2.30. The molecule has 2 atom stereocenters. The lowest BCUT2D eigenvalue weighted by Crippen LogP contribution is -2.31. The zero-order valence-corrected chi connectivity index (χ0v) is 17.0. The maximum Gasteiger partial charge on any atom is 0.304 e. The van der Waals surface area contributed by atoms with Crippen LogP contribution in [0.2, 0.25) is 0 Å². The number of halogens is 1. The molecule has 0 fully saturated rings. The molecule has 0 aliphatic carbocycles. The summed E-state index contributed by atoms with van der Waals surface area (Å²) < 4.78 is 14.1. The Hall–Kier alpha value is -3.16. The van der Waals surface area contributed by atoms with Gasteiger partial charge >= 0.3 is 5.97 Å². The first kappa shape index (κ1) is 23.1. The van der Waals surface area contributed by atoms with Gasteiger partial charge in [-0.15, -0.1) is 0 Å². The molecule has 1 N–H and O–H groups in total. The van der Waals surface area contributed by atoms with Crippen LogP contribution in [0.1, 0.15) is 48.8 Å². The predicted octanol–water partition coefficient (Wildman–Crippen LogP) is 2.68. The highest BCUT2D eigenvalue weighted by atomic mass is 19.1. The summed E-state index contributed by atoms with van der Waals surface area (Å²) in [5.74, 6) is -4.74. The SMILES string of the molecule is CCC(C(=O)CC(CC(=O)O)C(=O)CF)c1ccnn(Cc2ccccc2C)c1=O. The van der Waals surface area contributed by atoms with E-state index < -0.39 is 54.4 Å². The molecule has 1 aromatic heterocycles. The molecule has 160 valence electrons. The van der Waals surface area contributed by atoms with Gasteiger partial charge in [-0.3, -0.25) is 19.2 Å². The second kappa shape index (κ2) is 10.6. The van der Waals surface area contributed by atoms with E-state index in [-0.39, 0.29) is 18.5 Å². The van der Waals surface area contributed by atoms with Crippen molar-refractivity contribution in [1.82, 2.24) is 9.78 Å². The van der Waals surface area contributed by atoms with E-state index in [0.29, 0.717) is 0 Å². The van der Waals surface area contributed by atoms with Crippen molar-refractivity contribution in [2.24, 2.45) is 5.92 Å². The normalized spacial score (nSPS) is 12.9. The van der Waals surface area contributed by atoms with E-state index >= 15 is 0 Å². The van der Waals surface area contributed by atoms with Crippen molar-refractivity contribution in [3.05, 3.63) is 63.6 Å². The summed E-state index contributed by atoms with van der Waals surface area (Å²) in [6.45, 7) is 2.55. The zero-order chi connectivity index (χ0) is 22.3. The van der Waals surface area contributed by atoms with Crippen molar-refractivity contribution in [2.75, 3.05) is 6.67 Å². The van der Waals surface area contributed by atoms with Gasteiger partial charge in [0.1, 0.15) is 12.5 Å². The third-order valence-electron chi connectivity index (χ3n) is 5.15. The fraction of sp³-hybridized carbons (Fsp3) is 0.409. The molecule has 30 heavy (non-hydrogen) atoms. The van der Waals surface area contributed by atoms with E-state index in [4.69, 9.17) is 5.11 Å². The third kappa shape index (κ3) is 5.68. The Morgan fingerprint density at radius 3 is 2.43 bits per heavy atom. The maximum absolute atomic E-state index is 13.0. The van der Waals surface area contributed by atoms with Crippen molar-refractivity contribution in [3.8, 4) is 0 Å². The third-order valence-corrected chi connectivity index (χ3v) is 5.15. The molecule has 8 heteroatoms. The summed E-state index contributed by atoms with van der Waals surface area (Å²) >= 11 is 0. The second-order valence-corrected chi connectivity index (χ2v) is 7.20. The topological polar surface area (TPSA) is 106 Å². The highest BCUT2D eigenvalue weighted by Gasteiger charge is 2.29. The highest BCUT2D eigenvalue weighted by Crippen LogP contribution is 2.23. The molecule has 0 amide bonds. The van der Waals surface area contributed by atoms with Gasteiger partial charge in [0.25, 0.3) is 5.56 Å². The highest BCUT2D eigenvalue weighted by molar-refractivity contribution is 5.93. The standard InChI is InChI=1S/C22H25FN2O5/c1-3-17(19(26)10-16(11-21(28)29)20(27)12-23)18-8-9-24-25(22(18)30)13-15-7-5-4-6-14(15)2/h4-9,16-17H,3,10-13H2,1-2H3,(H,28,29). The number of rotatable bonds is 11. The van der Waals surface area contributed by atoms with Crippen LogP contribution in [0.5, 0.6) is 0 Å². The van der Waals surface area contributed by atoms with E-state index in [0.717, 1.165) is 11.1 Å². The van der Waals surface area contributed by atoms with Crippen molar-refractivity contribution < 1.29 is 23.9 Å². The number of aryl methyl sites for hydroxylation is 1. The summed E-state index contributed by atoms with van der Waals surface area (Å²) in [5.41, 5.74) is 1.72. The summed E-state index contributed by atoms with van der Waals surface area (Å²) in [4.78, 5) is 48.5. The summed E-state index contributed by atoms with van der Waals surface area (Å²) in [6, 6.07) is 9.03. The first-order chi connectivity index (χ1) is 14.3. The molecule has 0 saturated carbocycles. The lowest BCUT2D eigenvalue weighted by Gasteiger charge is -2.18. The number of Topliss-reactive ketones (excluding diaryl/α,β-unsaturated/α-hetero) is 2. The number of benzene rings is 1. The minimum absolute atomic E-state index is 0.229. The number of carboxylic acid groups (broad SMARTS) is 1. The monoisotopic (exact) mass is 416 g/mol. The van der Waals surface area contributed by atoms with Crippen molar-refractivity contribution >= 4 is 17.5 Å². The smallest absolute Gasteiger partial charge is 0.304 e. The molecule has 7 nitrogen and oxygen atoms in total. The zero-order valence-electron chi connectivity index (χ0n) is 17.0. The summed E-state index contributed by atoms with van der Waals surface area (Å²) in [7, 11) is 0. The predicted molar refractivity (Wildman–Crippen MR) is 108 cm³/mol. The molecule has 2 rings (SSSR count). The Bertz CT molecular complexity index is 985. The lowest BCUT2D eigenvalue weighted by molar-refractivity contribution is -0.141. The largest absolute Gasteiger partial charge is 0.481 e. The van der Waals surface area contributed by atoms with Crippen molar-refractivity contribution in [3.63, 3.8) is 0 Å². The average molecular weight is 416 g/mol. The number of carbonyl (C=O) groups is 3. The van der Waals surface area contributed by atoms with E-state index in [1.54, 1.807) is 6.92 Å². The summed E-state index contributed by atoms with van der Waals surface area (Å²) in [5, 5.41) is 13.1. The van der Waals surface area contributed by atoms with Crippen molar-refractivity contribution in [1.29, 1.82) is 0 Å². The van der Waals surface area contributed by atoms with Crippen LogP contribution in [-0.2, 0) is 20.9 Å². The maximum atomic E-state index is 13.0. The second-order valence-electron chi connectivity index (χ2n) is 7.20. The van der Waals surface area contributed by atoms with Gasteiger partial charge in [-0.1, -0.05) is 31.2 Å². The van der Waals surface area contributed by atoms with E-state index in [1.807, 2.05) is 31.2 Å². The lowest BCUT2D eigenvalue weighted by atomic mass is 9.85. The van der Waals surface area contributed by atoms with Crippen LogP contribution < -0.4 is 5.56 Å². The molecule has 1 heterocycles. The van der Waals surface area contributed by atoms with Crippen LogP contribution in [0.15, 0.2) is 41.3 Å². The van der Waals surface area contributed by atoms with Gasteiger partial charge in [-0.2, -0.15) is 5.10 Å². The molecule has 0 aliphatic heterocycles. The number of hydrogen-bond acceptors (Lipinski definition) is 5. The Labute approximate surface area is 173 Å². The van der Waals surface area contributed by atoms with Crippen LogP contribution >= 0.6 is 0 Å². The Kier molecular flexibility index (Phi) is 8.15. The van der Waals surface area contributed by atoms with Gasteiger partial charge in [-0.05, 0) is 30.5 Å². The Morgan fingerprint density at radius 1 is 1.13 bits per heavy atom. The minimum Gasteiger partial charge on any atom is -0.481 e. The van der Waals surface area contributed by atoms with Gasteiger partial charge in [0.2, 0.25) is 0 Å². The van der Waals surface area contributed by atoms with Gasteiger partial charge < -0.3 is 5.11 Å². The first-order valence-electron chi connectivity index (χ1n) is 9.72. The number of aromatic nitrogens is 2. The van der Waals surface area contributed by atoms with E-state index in [9.17, 15) is 23.6 Å². The number of ketones is 2. The molecule has 0 aliphatic rings. The molecular weight excluding hydrogens is 391 g/mol. The molecular formula is C22H25FN2O5. The number of alkyl halides is 1. The fourth-order valence-electron chi connectivity index (χ4n) is 3.42. The van der Waals surface area contributed by atoms with E-state index in [1.165, 1.54) is 16.9 Å². The molecule has 2 aromatic rings. The van der Waals surface area contributed by atoms with Gasteiger partial charge in [-0.25, -0.2) is 9.07 Å². The molecule has 0 radical (unpaired) electrons. The molecule has 0 spiro atoms. The van der Waals surface area contributed by atoms with Gasteiger partial charge in [0, 0.05) is 30.0 Å². The first-order valence-corrected chi connectivity index (χ1v) is 9.72. The fourth-order valence-corrected chi connectivity index (χ4v) is 3.42. The molecule has 2 unspecified atom stereocenters. The Morgan fingerprint density at radius 2 is 1.83 bits per heavy atom. The molecule has 0 bridgehead atoms. The van der Waals surface area contributed by atoms with Gasteiger partial charge in [0.15, 0.2) is 5.78 Å². The number of carbonyl (C=O) groups excluding carboxylic acids is 2. The van der Waals surface area contributed by atoms with Crippen LogP contribution in [0.25, 0.3) is 0 Å². The van der Waals surface area contributed by atoms with Gasteiger partial charge in [0.05, 0.1) is 13.0 Å². The quantitative estimate of drug-likeness (QED) is 0.604. The molecule has 0 saturated heterocycles. The molecule has 1 aromatic carbocycles. The number of carboxylic acids is 1.